The molecule has 16 heavy (non-hydrogen) atoms. The zero-order valence-electron chi connectivity index (χ0n) is 9.74. The molecule has 5 heteroatoms. The minimum absolute atomic E-state index is 0.703. The highest BCUT2D eigenvalue weighted by Crippen LogP contribution is 2.38. The number of nitrogens with two attached hydrogens (primary N) is 1. The molecule has 2 N–H and O–H groups in total. The summed E-state index contributed by atoms with van der Waals surface area (Å²) in [5.41, 5.74) is 5.88. The molecule has 2 rings (SSSR count). The lowest BCUT2D eigenvalue weighted by Gasteiger charge is -2.25. The summed E-state index contributed by atoms with van der Waals surface area (Å²) in [5.74, 6) is 0.703. The average Bonchev–Trinajstić information content (AvgIpc) is 2.59. The molecule has 0 atom stereocenters. The molecular formula is C11H19N3S2. The summed E-state index contributed by atoms with van der Waals surface area (Å²) in [6.45, 7) is 2.32. The molecule has 0 aromatic carbocycles. The molecule has 1 aliphatic rings. The standard InChI is InChI=1S/C11H19N3S2/c1-15-9-10(12)13-16-11(9)14-7-5-3-2-4-6-8-14/h2-8H2,1H3,(H2,12,13). The molecule has 1 aliphatic heterocycles. The normalized spacial score (nSPS) is 18.2. The van der Waals surface area contributed by atoms with Gasteiger partial charge >= 0.3 is 0 Å². The van der Waals surface area contributed by atoms with Crippen LogP contribution in [-0.4, -0.2) is 23.7 Å². The second-order valence-corrected chi connectivity index (χ2v) is 5.73. The summed E-state index contributed by atoms with van der Waals surface area (Å²) in [5, 5.41) is 1.28. The van der Waals surface area contributed by atoms with Gasteiger partial charge in [0.2, 0.25) is 0 Å². The van der Waals surface area contributed by atoms with Gasteiger partial charge in [0.05, 0.1) is 4.90 Å². The van der Waals surface area contributed by atoms with E-state index in [0.29, 0.717) is 5.82 Å². The molecule has 0 aliphatic carbocycles. The van der Waals surface area contributed by atoms with Gasteiger partial charge in [0, 0.05) is 13.1 Å². The van der Waals surface area contributed by atoms with E-state index in [1.807, 2.05) is 0 Å². The van der Waals surface area contributed by atoms with Gasteiger partial charge in [-0.25, -0.2) is 0 Å². The van der Waals surface area contributed by atoms with Crippen LogP contribution in [0.3, 0.4) is 0 Å². The fourth-order valence-corrected chi connectivity index (χ4v) is 3.87. The Morgan fingerprint density at radius 2 is 1.81 bits per heavy atom. The predicted octanol–water partition coefficient (Wildman–Crippen LogP) is 3.22. The molecule has 1 saturated heterocycles. The monoisotopic (exact) mass is 257 g/mol. The van der Waals surface area contributed by atoms with Gasteiger partial charge in [-0.15, -0.1) is 11.8 Å². The van der Waals surface area contributed by atoms with Gasteiger partial charge in [-0.2, -0.15) is 4.37 Å². The number of rotatable bonds is 2. The van der Waals surface area contributed by atoms with E-state index in [9.17, 15) is 0 Å². The van der Waals surface area contributed by atoms with Crippen LogP contribution >= 0.6 is 23.3 Å². The van der Waals surface area contributed by atoms with Crippen molar-refractivity contribution in [3.8, 4) is 0 Å². The summed E-state index contributed by atoms with van der Waals surface area (Å²) >= 11 is 3.27. The Labute approximate surface area is 106 Å². The van der Waals surface area contributed by atoms with Crippen molar-refractivity contribution in [3.63, 3.8) is 0 Å². The van der Waals surface area contributed by atoms with Crippen molar-refractivity contribution in [2.75, 3.05) is 30.0 Å². The highest BCUT2D eigenvalue weighted by molar-refractivity contribution is 7.99. The first-order chi connectivity index (χ1) is 7.83. The maximum Gasteiger partial charge on any atom is 0.153 e. The third kappa shape index (κ3) is 2.63. The Morgan fingerprint density at radius 1 is 1.19 bits per heavy atom. The quantitative estimate of drug-likeness (QED) is 0.826. The molecule has 0 saturated carbocycles. The molecule has 1 aromatic heterocycles. The van der Waals surface area contributed by atoms with E-state index in [-0.39, 0.29) is 0 Å². The summed E-state index contributed by atoms with van der Waals surface area (Å²) in [6.07, 6.45) is 8.79. The van der Waals surface area contributed by atoms with Crippen LogP contribution in [0.15, 0.2) is 4.90 Å². The van der Waals surface area contributed by atoms with Crippen molar-refractivity contribution >= 4 is 34.1 Å². The van der Waals surface area contributed by atoms with Gasteiger partial charge in [0.25, 0.3) is 0 Å². The van der Waals surface area contributed by atoms with Crippen LogP contribution < -0.4 is 10.6 Å². The molecule has 90 valence electrons. The number of nitrogens with zero attached hydrogens (tertiary/aromatic N) is 2. The van der Waals surface area contributed by atoms with Gasteiger partial charge in [0.1, 0.15) is 5.00 Å². The van der Waals surface area contributed by atoms with Crippen LogP contribution in [0, 0.1) is 0 Å². The molecular weight excluding hydrogens is 238 g/mol. The third-order valence-electron chi connectivity index (χ3n) is 3.00. The van der Waals surface area contributed by atoms with Crippen LogP contribution in [0.2, 0.25) is 0 Å². The lowest BCUT2D eigenvalue weighted by Crippen LogP contribution is -2.26. The summed E-state index contributed by atoms with van der Waals surface area (Å²) in [4.78, 5) is 3.64. The van der Waals surface area contributed by atoms with Crippen molar-refractivity contribution in [2.24, 2.45) is 0 Å². The summed E-state index contributed by atoms with van der Waals surface area (Å²) in [6, 6.07) is 0. The fourth-order valence-electron chi connectivity index (χ4n) is 2.13. The largest absolute Gasteiger partial charge is 0.382 e. The van der Waals surface area contributed by atoms with Gasteiger partial charge in [-0.05, 0) is 30.6 Å². The van der Waals surface area contributed by atoms with Crippen LogP contribution in [-0.2, 0) is 0 Å². The van der Waals surface area contributed by atoms with Gasteiger partial charge in [0.15, 0.2) is 5.82 Å². The first-order valence-corrected chi connectivity index (χ1v) is 7.87. The van der Waals surface area contributed by atoms with E-state index in [0.717, 1.165) is 13.1 Å². The van der Waals surface area contributed by atoms with Crippen LogP contribution in [0.1, 0.15) is 32.1 Å². The fraction of sp³-hybridized carbons (Fsp3) is 0.727. The molecule has 3 nitrogen and oxygen atoms in total. The number of aromatic nitrogens is 1. The first kappa shape index (κ1) is 12.0. The number of anilines is 2. The van der Waals surface area contributed by atoms with Crippen LogP contribution in [0.5, 0.6) is 0 Å². The highest BCUT2D eigenvalue weighted by atomic mass is 32.2. The number of hydrogen-bond donors (Lipinski definition) is 1. The molecule has 0 bridgehead atoms. The molecule has 2 heterocycles. The molecule has 0 unspecified atom stereocenters. The van der Waals surface area contributed by atoms with E-state index in [4.69, 9.17) is 5.73 Å². The minimum Gasteiger partial charge on any atom is -0.382 e. The average molecular weight is 257 g/mol. The van der Waals surface area contributed by atoms with Gasteiger partial charge in [-0.3, -0.25) is 0 Å². The van der Waals surface area contributed by atoms with E-state index in [2.05, 4.69) is 15.5 Å². The Hall–Kier alpha value is -0.420. The lowest BCUT2D eigenvalue weighted by molar-refractivity contribution is 0.557. The smallest absolute Gasteiger partial charge is 0.153 e. The maximum atomic E-state index is 5.88. The number of nitrogen functional groups attached to an aromatic ring is 1. The number of hydrogen-bond acceptors (Lipinski definition) is 5. The van der Waals surface area contributed by atoms with Crippen molar-refractivity contribution in [1.82, 2.24) is 4.37 Å². The Bertz CT molecular complexity index is 330. The summed E-state index contributed by atoms with van der Waals surface area (Å²) < 4.78 is 4.27. The highest BCUT2D eigenvalue weighted by Gasteiger charge is 2.17. The third-order valence-corrected chi connectivity index (χ3v) is 4.87. The Morgan fingerprint density at radius 3 is 2.44 bits per heavy atom. The number of thioether (sulfide) groups is 1. The van der Waals surface area contributed by atoms with Crippen LogP contribution in [0.25, 0.3) is 0 Å². The SMILES string of the molecule is CSc1c(N)nsc1N1CCCCCCC1. The first-order valence-electron chi connectivity index (χ1n) is 5.87. The second kappa shape index (κ2) is 5.77. The van der Waals surface area contributed by atoms with E-state index < -0.39 is 0 Å². The van der Waals surface area contributed by atoms with E-state index in [1.165, 1.54) is 42.0 Å². The van der Waals surface area contributed by atoms with Gasteiger partial charge in [-0.1, -0.05) is 19.3 Å². The van der Waals surface area contributed by atoms with Crippen molar-refractivity contribution < 1.29 is 0 Å². The Balaban J connectivity index is 2.13. The van der Waals surface area contributed by atoms with E-state index >= 15 is 0 Å². The van der Waals surface area contributed by atoms with Gasteiger partial charge < -0.3 is 10.6 Å². The zero-order chi connectivity index (χ0) is 11.4. The topological polar surface area (TPSA) is 42.1 Å². The lowest BCUT2D eigenvalue weighted by atomic mass is 10.1. The Kier molecular flexibility index (Phi) is 4.35. The second-order valence-electron chi connectivity index (χ2n) is 4.16. The molecule has 0 spiro atoms. The maximum absolute atomic E-state index is 5.88. The van der Waals surface area contributed by atoms with E-state index in [1.54, 1.807) is 23.3 Å². The summed E-state index contributed by atoms with van der Waals surface area (Å²) in [7, 11) is 0. The van der Waals surface area contributed by atoms with Crippen LogP contribution in [0.4, 0.5) is 10.8 Å². The molecule has 0 radical (unpaired) electrons. The van der Waals surface area contributed by atoms with Crippen molar-refractivity contribution in [1.29, 1.82) is 0 Å². The minimum atomic E-state index is 0.703. The molecule has 0 amide bonds. The zero-order valence-corrected chi connectivity index (χ0v) is 11.4. The molecule has 1 aromatic rings. The molecule has 1 fully saturated rings. The predicted molar refractivity (Wildman–Crippen MR) is 73.6 cm³/mol. The van der Waals surface area contributed by atoms with Crippen molar-refractivity contribution in [2.45, 2.75) is 37.0 Å². The van der Waals surface area contributed by atoms with Crippen molar-refractivity contribution in [3.05, 3.63) is 0 Å².